The van der Waals surface area contributed by atoms with Gasteiger partial charge in [-0.15, -0.1) is 0 Å². The molecule has 1 aliphatic carbocycles. The number of benzene rings is 1. The highest BCUT2D eigenvalue weighted by molar-refractivity contribution is 5.94. The Morgan fingerprint density at radius 1 is 1.08 bits per heavy atom. The molecule has 0 aliphatic heterocycles. The molecule has 0 saturated heterocycles. The average molecular weight is 357 g/mol. The van der Waals surface area contributed by atoms with Crippen molar-refractivity contribution >= 4 is 17.5 Å². The molecule has 1 aromatic rings. The second-order valence-electron chi connectivity index (χ2n) is 6.62. The second-order valence-corrected chi connectivity index (χ2v) is 6.62. The molecule has 0 aromatic heterocycles. The van der Waals surface area contributed by atoms with Crippen molar-refractivity contribution in [2.45, 2.75) is 46.0 Å². The molecule has 26 heavy (non-hydrogen) atoms. The second kappa shape index (κ2) is 10.6. The predicted octanol–water partition coefficient (Wildman–Crippen LogP) is 3.59. The van der Waals surface area contributed by atoms with Crippen molar-refractivity contribution in [1.29, 1.82) is 0 Å². The fourth-order valence-electron chi connectivity index (χ4n) is 3.16. The van der Waals surface area contributed by atoms with E-state index in [1.54, 1.807) is 17.0 Å². The van der Waals surface area contributed by atoms with Crippen LogP contribution in [0, 0.1) is 0 Å². The first kappa shape index (κ1) is 20.0. The van der Waals surface area contributed by atoms with Gasteiger partial charge >= 0.3 is 0 Å². The molecule has 0 saturated carbocycles. The Balaban J connectivity index is 1.72. The predicted molar refractivity (Wildman–Crippen MR) is 106 cm³/mol. The Labute approximate surface area is 156 Å². The number of rotatable bonds is 9. The third kappa shape index (κ3) is 6.21. The lowest BCUT2D eigenvalue weighted by atomic mass is 9.97. The van der Waals surface area contributed by atoms with Crippen LogP contribution in [-0.2, 0) is 4.79 Å². The summed E-state index contributed by atoms with van der Waals surface area (Å²) in [5.41, 5.74) is 2.98. The van der Waals surface area contributed by atoms with Crippen molar-refractivity contribution in [2.24, 2.45) is 0 Å². The molecule has 0 heterocycles. The van der Waals surface area contributed by atoms with Crippen molar-refractivity contribution in [2.75, 3.05) is 31.5 Å². The van der Waals surface area contributed by atoms with Crippen LogP contribution in [-0.4, -0.2) is 42.9 Å². The lowest BCUT2D eigenvalue weighted by Gasteiger charge is -2.18. The van der Waals surface area contributed by atoms with Gasteiger partial charge in [-0.1, -0.05) is 11.6 Å². The number of amides is 2. The van der Waals surface area contributed by atoms with Crippen molar-refractivity contribution < 1.29 is 9.59 Å². The maximum Gasteiger partial charge on any atom is 0.253 e. The highest BCUT2D eigenvalue weighted by atomic mass is 16.2. The molecule has 0 radical (unpaired) electrons. The zero-order valence-electron chi connectivity index (χ0n) is 16.0. The van der Waals surface area contributed by atoms with Crippen molar-refractivity contribution in [3.63, 3.8) is 0 Å². The van der Waals surface area contributed by atoms with E-state index in [4.69, 9.17) is 0 Å². The van der Waals surface area contributed by atoms with Crippen molar-refractivity contribution in [3.05, 3.63) is 41.5 Å². The topological polar surface area (TPSA) is 61.4 Å². The SMILES string of the molecule is CCN(CC)C(=O)c1ccc(NCC(=O)NCCC2=CCCCC2)cc1. The fourth-order valence-corrected chi connectivity index (χ4v) is 3.16. The summed E-state index contributed by atoms with van der Waals surface area (Å²) in [7, 11) is 0. The molecule has 5 nitrogen and oxygen atoms in total. The molecule has 142 valence electrons. The zero-order valence-corrected chi connectivity index (χ0v) is 16.0. The molecule has 2 N–H and O–H groups in total. The smallest absolute Gasteiger partial charge is 0.253 e. The van der Waals surface area contributed by atoms with Gasteiger partial charge in [-0.3, -0.25) is 9.59 Å². The number of nitrogens with one attached hydrogen (secondary N) is 2. The first-order valence-corrected chi connectivity index (χ1v) is 9.71. The van der Waals surface area contributed by atoms with Crippen LogP contribution in [0.1, 0.15) is 56.3 Å². The summed E-state index contributed by atoms with van der Waals surface area (Å²) in [6.07, 6.45) is 8.18. The number of allylic oxidation sites excluding steroid dienone is 1. The van der Waals surface area contributed by atoms with Gasteiger partial charge in [-0.25, -0.2) is 0 Å². The molecular weight excluding hydrogens is 326 g/mol. The maximum atomic E-state index is 12.3. The summed E-state index contributed by atoms with van der Waals surface area (Å²) < 4.78 is 0. The van der Waals surface area contributed by atoms with Crippen molar-refractivity contribution in [1.82, 2.24) is 10.2 Å². The van der Waals surface area contributed by atoms with Crippen LogP contribution in [0.25, 0.3) is 0 Å². The highest BCUT2D eigenvalue weighted by Gasteiger charge is 2.12. The summed E-state index contributed by atoms with van der Waals surface area (Å²) in [5.74, 6) is 0.0287. The molecule has 1 aromatic carbocycles. The number of carbonyl (C=O) groups is 2. The van der Waals surface area contributed by atoms with E-state index < -0.39 is 0 Å². The van der Waals surface area contributed by atoms with Gasteiger partial charge in [0.15, 0.2) is 0 Å². The van der Waals surface area contributed by atoms with E-state index in [9.17, 15) is 9.59 Å². The van der Waals surface area contributed by atoms with E-state index in [0.717, 1.165) is 12.1 Å². The summed E-state index contributed by atoms with van der Waals surface area (Å²) in [4.78, 5) is 26.0. The van der Waals surface area contributed by atoms with Crippen LogP contribution in [0.4, 0.5) is 5.69 Å². The lowest BCUT2D eigenvalue weighted by molar-refractivity contribution is -0.119. The monoisotopic (exact) mass is 357 g/mol. The first-order chi connectivity index (χ1) is 12.6. The third-order valence-corrected chi connectivity index (χ3v) is 4.79. The Morgan fingerprint density at radius 3 is 2.42 bits per heavy atom. The molecule has 0 fully saturated rings. The van der Waals surface area contributed by atoms with Gasteiger partial charge in [-0.2, -0.15) is 0 Å². The van der Waals surface area contributed by atoms with Crippen molar-refractivity contribution in [3.8, 4) is 0 Å². The molecule has 5 heteroatoms. The van der Waals surface area contributed by atoms with Gasteiger partial charge in [0.25, 0.3) is 5.91 Å². The Hall–Kier alpha value is -2.30. The first-order valence-electron chi connectivity index (χ1n) is 9.71. The molecule has 1 aliphatic rings. The van der Waals surface area contributed by atoms with E-state index in [2.05, 4.69) is 16.7 Å². The van der Waals surface area contributed by atoms with E-state index in [-0.39, 0.29) is 18.4 Å². The molecule has 0 unspecified atom stereocenters. The summed E-state index contributed by atoms with van der Waals surface area (Å²) in [6, 6.07) is 7.29. The Kier molecular flexibility index (Phi) is 8.19. The minimum atomic E-state index is -0.00953. The molecule has 0 atom stereocenters. The van der Waals surface area contributed by atoms with E-state index in [0.29, 0.717) is 25.2 Å². The van der Waals surface area contributed by atoms with Gasteiger partial charge in [0, 0.05) is 30.9 Å². The van der Waals surface area contributed by atoms with Crippen LogP contribution in [0.15, 0.2) is 35.9 Å². The molecule has 0 bridgehead atoms. The van der Waals surface area contributed by atoms with Crippen LogP contribution in [0.5, 0.6) is 0 Å². The minimum absolute atomic E-state index is 0.00953. The van der Waals surface area contributed by atoms with E-state index in [1.165, 1.54) is 31.3 Å². The molecule has 2 amide bonds. The lowest BCUT2D eigenvalue weighted by Crippen LogP contribution is -2.31. The van der Waals surface area contributed by atoms with Crippen LogP contribution >= 0.6 is 0 Å². The normalized spacial score (nSPS) is 13.7. The van der Waals surface area contributed by atoms with Gasteiger partial charge < -0.3 is 15.5 Å². The third-order valence-electron chi connectivity index (χ3n) is 4.79. The van der Waals surface area contributed by atoms with E-state index in [1.807, 2.05) is 26.0 Å². The van der Waals surface area contributed by atoms with Crippen LogP contribution < -0.4 is 10.6 Å². The average Bonchev–Trinajstić information content (AvgIpc) is 2.68. The van der Waals surface area contributed by atoms with Crippen LogP contribution in [0.3, 0.4) is 0 Å². The number of nitrogens with zero attached hydrogens (tertiary/aromatic N) is 1. The molecule has 0 spiro atoms. The number of hydrogen-bond acceptors (Lipinski definition) is 3. The molecular formula is C21H31N3O2. The number of carbonyl (C=O) groups excluding carboxylic acids is 2. The highest BCUT2D eigenvalue weighted by Crippen LogP contribution is 2.19. The van der Waals surface area contributed by atoms with Gasteiger partial charge in [0.2, 0.25) is 5.91 Å². The minimum Gasteiger partial charge on any atom is -0.376 e. The summed E-state index contributed by atoms with van der Waals surface area (Å²) in [6.45, 7) is 6.28. The van der Waals surface area contributed by atoms with Crippen LogP contribution in [0.2, 0.25) is 0 Å². The van der Waals surface area contributed by atoms with E-state index >= 15 is 0 Å². The number of anilines is 1. The van der Waals surface area contributed by atoms with Gasteiger partial charge in [-0.05, 0) is 70.2 Å². The zero-order chi connectivity index (χ0) is 18.8. The Morgan fingerprint density at radius 2 is 1.81 bits per heavy atom. The molecule has 2 rings (SSSR count). The van der Waals surface area contributed by atoms with Gasteiger partial charge in [0.05, 0.1) is 6.54 Å². The summed E-state index contributed by atoms with van der Waals surface area (Å²) in [5, 5.41) is 6.06. The number of hydrogen-bond donors (Lipinski definition) is 2. The van der Waals surface area contributed by atoms with Gasteiger partial charge in [0.1, 0.15) is 0 Å². The quantitative estimate of drug-likeness (QED) is 0.664. The Bertz CT molecular complexity index is 619. The standard InChI is InChI=1S/C21H31N3O2/c1-3-24(4-2)21(26)18-10-12-19(13-11-18)23-16-20(25)22-15-14-17-8-6-5-7-9-17/h8,10-13,23H,3-7,9,14-16H2,1-2H3,(H,22,25). The fraction of sp³-hybridized carbons (Fsp3) is 0.524. The summed E-state index contributed by atoms with van der Waals surface area (Å²) >= 11 is 0. The maximum absolute atomic E-state index is 12.3. The largest absolute Gasteiger partial charge is 0.376 e.